The summed E-state index contributed by atoms with van der Waals surface area (Å²) in [5.74, 6) is -6.72. The lowest BCUT2D eigenvalue weighted by Crippen LogP contribution is -2.72. The minimum absolute atomic E-state index is 0.154. The Morgan fingerprint density at radius 3 is 1.37 bits per heavy atom. The van der Waals surface area contributed by atoms with Gasteiger partial charge < -0.3 is 170 Å². The van der Waals surface area contributed by atoms with Gasteiger partial charge >= 0.3 is 5.97 Å². The van der Waals surface area contributed by atoms with Crippen LogP contribution in [0.2, 0.25) is 0 Å². The van der Waals surface area contributed by atoms with E-state index in [4.69, 9.17) is 56.8 Å². The number of carboxylic acids is 1. The lowest BCUT2D eigenvalue weighted by molar-refractivity contribution is -0.401. The second kappa shape index (κ2) is 54.7. The Labute approximate surface area is 692 Å². The van der Waals surface area contributed by atoms with Crippen molar-refractivity contribution in [3.8, 4) is 0 Å². The van der Waals surface area contributed by atoms with Crippen LogP contribution >= 0.6 is 0 Å². The first-order valence-electron chi connectivity index (χ1n) is 43.5. The molecular formula is C81H146N2O35. The number of aliphatic hydroxyl groups excluding tert-OH is 19. The van der Waals surface area contributed by atoms with Crippen molar-refractivity contribution in [2.24, 2.45) is 0 Å². The number of carboxylic acid groups (broad SMARTS) is 1. The largest absolute Gasteiger partial charge is 0.477 e. The van der Waals surface area contributed by atoms with Crippen molar-refractivity contribution >= 4 is 17.8 Å². The average molecular weight is 1710 g/mol. The van der Waals surface area contributed by atoms with E-state index in [0.717, 1.165) is 58.3 Å². The normalized spacial score (nSPS) is 36.5. The highest BCUT2D eigenvalue weighted by atomic mass is 16.8. The number of carbonyl (C=O) groups excluding carboxylic acids is 2. The molecule has 0 aromatic carbocycles. The first-order valence-corrected chi connectivity index (χ1v) is 43.5. The van der Waals surface area contributed by atoms with Crippen molar-refractivity contribution in [3.63, 3.8) is 0 Å². The number of amides is 2. The highest BCUT2D eigenvalue weighted by molar-refractivity contribution is 5.76. The topological polar surface area (TPSA) is 591 Å². The molecule has 6 aliphatic rings. The SMILES string of the molecule is CCCCCCCCCCCCC/C=C/[C@@H](O)[C@H](CO[C@@H]1OC(CO)[C@@H](O[C@@H]2OC(CO)[C@H](O)[C@H](O[C@@H]3OC(CO)[C@@H](O[C@@H]4OC(CO)[C@H](O)[C@H](O[C@]5(C(=O)O)CC(O)[C@@H](O)C([C@H](O)[C@H](O)CO)O5)C4O)[C@H](O[C@H]4OC(C)[C@@H](O)C(O)[C@@H]4O)C3NC(C)=O)C2O)[C@H](O)C1O)NC(=O)CCCCCCCCCCCCCCCCCCCCC. The van der Waals surface area contributed by atoms with E-state index in [1.54, 1.807) is 6.08 Å². The van der Waals surface area contributed by atoms with Gasteiger partial charge in [0, 0.05) is 19.8 Å². The maximum absolute atomic E-state index is 13.6. The number of allylic oxidation sites excluding steroid dienone is 1. The van der Waals surface area contributed by atoms with Crippen molar-refractivity contribution < 1.29 is 173 Å². The predicted molar refractivity (Wildman–Crippen MR) is 416 cm³/mol. The number of hydrogen-bond acceptors (Lipinski definition) is 34. The van der Waals surface area contributed by atoms with Crippen LogP contribution in [0.1, 0.15) is 240 Å². The van der Waals surface area contributed by atoms with E-state index < -0.39 is 260 Å². The molecule has 12 unspecified atom stereocenters. The van der Waals surface area contributed by atoms with Crippen molar-refractivity contribution in [1.29, 1.82) is 0 Å². The van der Waals surface area contributed by atoms with E-state index in [0.29, 0.717) is 12.8 Å². The van der Waals surface area contributed by atoms with Crippen LogP contribution in [-0.2, 0) is 71.2 Å². The number of rotatable bonds is 57. The smallest absolute Gasteiger partial charge is 0.364 e. The molecule has 6 aliphatic heterocycles. The van der Waals surface area contributed by atoms with Crippen LogP contribution in [-0.4, -0.2) is 361 Å². The molecule has 690 valence electrons. The fourth-order valence-corrected chi connectivity index (χ4v) is 16.0. The summed E-state index contributed by atoms with van der Waals surface area (Å²) < 4.78 is 71.7. The van der Waals surface area contributed by atoms with Crippen LogP contribution in [0.5, 0.6) is 0 Å². The number of aliphatic hydroxyl groups is 19. The fraction of sp³-hybridized carbons (Fsp3) is 0.938. The van der Waals surface area contributed by atoms with E-state index in [1.165, 1.54) is 142 Å². The summed E-state index contributed by atoms with van der Waals surface area (Å²) in [5.41, 5.74) is 0. The molecule has 6 saturated heterocycles. The number of hydrogen-bond donors (Lipinski definition) is 22. The molecule has 37 heteroatoms. The monoisotopic (exact) mass is 1710 g/mol. The summed E-state index contributed by atoms with van der Waals surface area (Å²) in [7, 11) is 0. The van der Waals surface area contributed by atoms with Crippen molar-refractivity contribution in [2.75, 3.05) is 39.6 Å². The van der Waals surface area contributed by atoms with Gasteiger partial charge in [-0.15, -0.1) is 0 Å². The molecule has 0 radical (unpaired) electrons. The zero-order chi connectivity index (χ0) is 86.6. The molecule has 6 heterocycles. The lowest BCUT2D eigenvalue weighted by atomic mass is 9.90. The van der Waals surface area contributed by atoms with Gasteiger partial charge in [0.2, 0.25) is 11.8 Å². The first-order chi connectivity index (χ1) is 56.6. The zero-order valence-electron chi connectivity index (χ0n) is 69.3. The molecule has 0 spiro atoms. The van der Waals surface area contributed by atoms with Gasteiger partial charge in [0.15, 0.2) is 31.5 Å². The Balaban J connectivity index is 1.16. The molecule has 0 aromatic heterocycles. The second-order valence-electron chi connectivity index (χ2n) is 32.7. The summed E-state index contributed by atoms with van der Waals surface area (Å²) in [4.78, 5) is 40.2. The van der Waals surface area contributed by atoms with E-state index in [1.807, 2.05) is 6.08 Å². The van der Waals surface area contributed by atoms with E-state index >= 15 is 0 Å². The van der Waals surface area contributed by atoms with Crippen molar-refractivity contribution in [3.05, 3.63) is 12.2 Å². The summed E-state index contributed by atoms with van der Waals surface area (Å²) >= 11 is 0. The first kappa shape index (κ1) is 104. The highest BCUT2D eigenvalue weighted by Crippen LogP contribution is 2.41. The Bertz CT molecular complexity index is 2760. The third-order valence-electron chi connectivity index (χ3n) is 23.3. The van der Waals surface area contributed by atoms with Gasteiger partial charge in [-0.3, -0.25) is 9.59 Å². The van der Waals surface area contributed by atoms with Crippen LogP contribution < -0.4 is 10.6 Å². The molecule has 33 atom stereocenters. The molecule has 6 rings (SSSR count). The Kier molecular flexibility index (Phi) is 48.1. The van der Waals surface area contributed by atoms with Crippen LogP contribution in [0.25, 0.3) is 0 Å². The summed E-state index contributed by atoms with van der Waals surface area (Å²) in [6.45, 7) is 0.567. The van der Waals surface area contributed by atoms with Gasteiger partial charge in [0.1, 0.15) is 140 Å². The van der Waals surface area contributed by atoms with E-state index in [-0.39, 0.29) is 12.3 Å². The minimum Gasteiger partial charge on any atom is -0.477 e. The molecule has 118 heavy (non-hydrogen) atoms. The van der Waals surface area contributed by atoms with Gasteiger partial charge in [-0.1, -0.05) is 206 Å². The minimum atomic E-state index is -3.27. The summed E-state index contributed by atoms with van der Waals surface area (Å²) in [6, 6.07) is -3.09. The van der Waals surface area contributed by atoms with Crippen LogP contribution in [0.4, 0.5) is 0 Å². The Morgan fingerprint density at radius 1 is 0.458 bits per heavy atom. The molecule has 37 nitrogen and oxygen atoms in total. The van der Waals surface area contributed by atoms with E-state index in [2.05, 4.69) is 24.5 Å². The molecule has 0 aliphatic carbocycles. The molecule has 0 aromatic rings. The predicted octanol–water partition coefficient (Wildman–Crippen LogP) is -0.774. The number of ether oxygens (including phenoxy) is 12. The highest BCUT2D eigenvalue weighted by Gasteiger charge is 2.62. The zero-order valence-corrected chi connectivity index (χ0v) is 69.3. The number of carbonyl (C=O) groups is 3. The van der Waals surface area contributed by atoms with Gasteiger partial charge in [-0.05, 0) is 26.2 Å². The Hall–Kier alpha value is -3.09. The van der Waals surface area contributed by atoms with Crippen molar-refractivity contribution in [1.82, 2.24) is 10.6 Å². The quantitative estimate of drug-likeness (QED) is 0.0262. The third-order valence-corrected chi connectivity index (χ3v) is 23.3. The molecule has 0 bridgehead atoms. The Morgan fingerprint density at radius 2 is 0.881 bits per heavy atom. The molecule has 0 saturated carbocycles. The van der Waals surface area contributed by atoms with Crippen LogP contribution in [0.15, 0.2) is 12.2 Å². The average Bonchev–Trinajstić information content (AvgIpc) is 0.755. The second-order valence-corrected chi connectivity index (χ2v) is 32.7. The van der Waals surface area contributed by atoms with Gasteiger partial charge in [0.25, 0.3) is 5.79 Å². The number of unbranched alkanes of at least 4 members (excludes halogenated alkanes) is 29. The molecular weight excluding hydrogens is 1560 g/mol. The number of aliphatic carboxylic acids is 1. The standard InChI is InChI=1S/C81H146N2O35/c1-5-7-9-11-13-15-17-19-20-21-22-23-24-26-28-30-32-34-36-38-56(93)83-48(49(90)37-35-33-31-29-27-25-18-16-14-12-10-8-6-2)45-107-76-66(102)64(100)69(54(43-87)112-76)113-78-67(103)72(61(97)52(41-85)109-78)116-75-57(82-47(4)89)71(115-77-65(101)63(99)58(94)46(3)108-77)70(55(44-88)111-75)114-79-68(104)74(62(98)53(42-86)110-79)118-81(80(105)106)39-50(91)59(95)73(117-81)60(96)51(92)40-84/h35,37,46,48-55,57-79,84-88,90-92,94-104H,5-34,36,38-45H2,1-4H3,(H,82,89)(H,83,93)(H,105,106)/b37-35+/t46?,48-,49+,50?,51+,52?,53?,54?,55?,57?,58+,59+,60+,61-,62-,63?,64+,65-,66?,67?,68?,69+,70+,71+,72-,73?,74-,75-,76+,77+,78-,79-,81-/m0/s1. The molecule has 2 amide bonds. The fourth-order valence-electron chi connectivity index (χ4n) is 16.0. The maximum Gasteiger partial charge on any atom is 0.364 e. The summed E-state index contributed by atoms with van der Waals surface area (Å²) in [5, 5.41) is 228. The molecule has 6 fully saturated rings. The molecule has 22 N–H and O–H groups in total. The van der Waals surface area contributed by atoms with Crippen molar-refractivity contribution in [2.45, 2.75) is 442 Å². The summed E-state index contributed by atoms with van der Waals surface area (Å²) in [6.07, 6.45) is -23.0. The van der Waals surface area contributed by atoms with Crippen LogP contribution in [0.3, 0.4) is 0 Å². The van der Waals surface area contributed by atoms with Gasteiger partial charge in [-0.25, -0.2) is 4.79 Å². The third kappa shape index (κ3) is 31.2. The van der Waals surface area contributed by atoms with Gasteiger partial charge in [-0.2, -0.15) is 0 Å². The number of nitrogens with one attached hydrogen (secondary N) is 2. The lowest BCUT2D eigenvalue weighted by Gasteiger charge is -2.52. The van der Waals surface area contributed by atoms with Crippen LogP contribution in [0, 0.1) is 0 Å². The van der Waals surface area contributed by atoms with Gasteiger partial charge in [0.05, 0.1) is 64.0 Å². The maximum atomic E-state index is 13.6. The van der Waals surface area contributed by atoms with E-state index in [9.17, 15) is 117 Å².